The fourth-order valence-corrected chi connectivity index (χ4v) is 4.60. The Kier molecular flexibility index (Phi) is 8.69. The third-order valence-electron chi connectivity index (χ3n) is 6.43. The summed E-state index contributed by atoms with van der Waals surface area (Å²) in [5.41, 5.74) is 3.58. The molecule has 0 spiro atoms. The lowest BCUT2D eigenvalue weighted by atomic mass is 9.96. The molecule has 4 rings (SSSR count). The van der Waals surface area contributed by atoms with Gasteiger partial charge in [0.25, 0.3) is 0 Å². The lowest BCUT2D eigenvalue weighted by molar-refractivity contribution is 0.0311. The number of likely N-dealkylation sites (tertiary alicyclic amines) is 1. The molecule has 0 amide bonds. The molecule has 0 saturated carbocycles. The van der Waals surface area contributed by atoms with Crippen molar-refractivity contribution in [1.82, 2.24) is 4.90 Å². The van der Waals surface area contributed by atoms with Gasteiger partial charge in [0.05, 0.1) is 13.7 Å². The lowest BCUT2D eigenvalue weighted by Gasteiger charge is -2.32. The second-order valence-corrected chi connectivity index (χ2v) is 9.57. The highest BCUT2D eigenvalue weighted by molar-refractivity contribution is 6.30. The summed E-state index contributed by atoms with van der Waals surface area (Å²) in [6.07, 6.45) is 3.28. The van der Waals surface area contributed by atoms with Gasteiger partial charge in [-0.1, -0.05) is 59.6 Å². The number of hydrogen-bond donors (Lipinski definition) is 0. The Hall–Kier alpha value is -2.04. The fourth-order valence-electron chi connectivity index (χ4n) is 4.35. The van der Waals surface area contributed by atoms with Gasteiger partial charge >= 0.3 is 0 Å². The van der Waals surface area contributed by atoms with Crippen LogP contribution in [0.25, 0.3) is 0 Å². The van der Waals surface area contributed by atoms with Crippen molar-refractivity contribution in [2.75, 3.05) is 33.4 Å². The Morgan fingerprint density at radius 2 is 1.36 bits per heavy atom. The fraction of sp³-hybridized carbons (Fsp3) is 0.357. The quantitative estimate of drug-likeness (QED) is 0.325. The van der Waals surface area contributed by atoms with E-state index in [0.717, 1.165) is 72.4 Å². The number of piperidine rings is 1. The zero-order chi connectivity index (χ0) is 23.0. The van der Waals surface area contributed by atoms with E-state index in [1.165, 1.54) is 5.56 Å². The smallest absolute Gasteiger partial charge is 0.118 e. The van der Waals surface area contributed by atoms with Gasteiger partial charge in [-0.15, -0.1) is 0 Å². The van der Waals surface area contributed by atoms with Crippen molar-refractivity contribution in [3.8, 4) is 5.75 Å². The van der Waals surface area contributed by atoms with Crippen LogP contribution in [0.15, 0.2) is 72.8 Å². The molecule has 33 heavy (non-hydrogen) atoms. The van der Waals surface area contributed by atoms with Gasteiger partial charge in [0.2, 0.25) is 0 Å². The molecule has 3 nitrogen and oxygen atoms in total. The summed E-state index contributed by atoms with van der Waals surface area (Å²) in [7, 11) is 1.70. The van der Waals surface area contributed by atoms with Crippen LogP contribution in [0, 0.1) is 5.92 Å². The van der Waals surface area contributed by atoms with Crippen LogP contribution < -0.4 is 4.74 Å². The molecule has 1 heterocycles. The first kappa shape index (κ1) is 24.1. The minimum absolute atomic E-state index is 0.118. The number of rotatable bonds is 9. The predicted molar refractivity (Wildman–Crippen MR) is 137 cm³/mol. The van der Waals surface area contributed by atoms with Crippen LogP contribution >= 0.6 is 23.2 Å². The van der Waals surface area contributed by atoms with Crippen LogP contribution in [-0.4, -0.2) is 38.3 Å². The van der Waals surface area contributed by atoms with E-state index in [-0.39, 0.29) is 6.10 Å². The summed E-state index contributed by atoms with van der Waals surface area (Å²) < 4.78 is 11.8. The summed E-state index contributed by atoms with van der Waals surface area (Å²) >= 11 is 12.2. The van der Waals surface area contributed by atoms with Gasteiger partial charge in [-0.3, -0.25) is 0 Å². The van der Waals surface area contributed by atoms with Crippen LogP contribution in [0.2, 0.25) is 10.0 Å². The maximum absolute atomic E-state index is 6.50. The molecule has 1 fully saturated rings. The molecule has 0 unspecified atom stereocenters. The van der Waals surface area contributed by atoms with E-state index < -0.39 is 0 Å². The van der Waals surface area contributed by atoms with Gasteiger partial charge in [0.1, 0.15) is 11.9 Å². The van der Waals surface area contributed by atoms with E-state index in [1.807, 2.05) is 60.7 Å². The first-order chi connectivity index (χ1) is 16.1. The number of hydrogen-bond acceptors (Lipinski definition) is 3. The van der Waals surface area contributed by atoms with Crippen molar-refractivity contribution in [3.05, 3.63) is 99.5 Å². The largest absolute Gasteiger partial charge is 0.497 e. The molecule has 0 radical (unpaired) electrons. The van der Waals surface area contributed by atoms with Crippen molar-refractivity contribution >= 4 is 23.2 Å². The normalized spacial score (nSPS) is 15.2. The van der Waals surface area contributed by atoms with Crippen molar-refractivity contribution < 1.29 is 9.47 Å². The zero-order valence-corrected chi connectivity index (χ0v) is 20.6. The standard InChI is InChI=1S/C28H31Cl2NO2/c1-32-27-12-2-21(3-13-27)14-17-31-18-15-22(16-19-31)20-33-28(23-4-8-25(29)9-5-23)24-6-10-26(30)11-7-24/h2-13,22,28H,14-20H2,1H3. The van der Waals surface area contributed by atoms with Gasteiger partial charge in [0, 0.05) is 16.6 Å². The Bertz CT molecular complexity index is 936. The van der Waals surface area contributed by atoms with Gasteiger partial charge in [-0.2, -0.15) is 0 Å². The summed E-state index contributed by atoms with van der Waals surface area (Å²) in [5.74, 6) is 1.49. The highest BCUT2D eigenvalue weighted by Crippen LogP contribution is 2.30. The zero-order valence-electron chi connectivity index (χ0n) is 19.1. The molecule has 3 aromatic rings. The van der Waals surface area contributed by atoms with Gasteiger partial charge in [0.15, 0.2) is 0 Å². The Balaban J connectivity index is 1.29. The van der Waals surface area contributed by atoms with Crippen molar-refractivity contribution in [1.29, 1.82) is 0 Å². The summed E-state index contributed by atoms with van der Waals surface area (Å²) in [6, 6.07) is 24.3. The molecule has 0 N–H and O–H groups in total. The summed E-state index contributed by atoms with van der Waals surface area (Å²) in [4.78, 5) is 2.57. The molecular formula is C28H31Cl2NO2. The Morgan fingerprint density at radius 3 is 1.88 bits per heavy atom. The van der Waals surface area contributed by atoms with Crippen LogP contribution in [0.4, 0.5) is 0 Å². The monoisotopic (exact) mass is 483 g/mol. The van der Waals surface area contributed by atoms with Gasteiger partial charge < -0.3 is 14.4 Å². The highest BCUT2D eigenvalue weighted by Gasteiger charge is 2.22. The second kappa shape index (κ2) is 11.9. The van der Waals surface area contributed by atoms with E-state index in [2.05, 4.69) is 17.0 Å². The van der Waals surface area contributed by atoms with Crippen LogP contribution in [0.1, 0.15) is 35.6 Å². The molecule has 5 heteroatoms. The molecule has 0 bridgehead atoms. The maximum Gasteiger partial charge on any atom is 0.118 e. The molecule has 3 aromatic carbocycles. The average molecular weight is 484 g/mol. The summed E-state index contributed by atoms with van der Waals surface area (Å²) in [6.45, 7) is 4.09. The predicted octanol–water partition coefficient (Wildman–Crippen LogP) is 7.06. The maximum atomic E-state index is 6.50. The van der Waals surface area contributed by atoms with E-state index in [9.17, 15) is 0 Å². The molecular weight excluding hydrogens is 453 g/mol. The molecule has 1 aliphatic rings. The van der Waals surface area contributed by atoms with E-state index in [4.69, 9.17) is 32.7 Å². The van der Waals surface area contributed by atoms with Crippen molar-refractivity contribution in [2.24, 2.45) is 5.92 Å². The number of ether oxygens (including phenoxy) is 2. The van der Waals surface area contributed by atoms with E-state index >= 15 is 0 Å². The van der Waals surface area contributed by atoms with Gasteiger partial charge in [-0.05, 0) is 91.4 Å². The SMILES string of the molecule is COc1ccc(CCN2CCC(COC(c3ccc(Cl)cc3)c3ccc(Cl)cc3)CC2)cc1. The number of methoxy groups -OCH3 is 1. The molecule has 1 saturated heterocycles. The van der Waals surface area contributed by atoms with Crippen molar-refractivity contribution in [3.63, 3.8) is 0 Å². The third kappa shape index (κ3) is 6.97. The Labute approximate surface area is 207 Å². The minimum Gasteiger partial charge on any atom is -0.497 e. The topological polar surface area (TPSA) is 21.7 Å². The van der Waals surface area contributed by atoms with Crippen LogP contribution in [0.5, 0.6) is 5.75 Å². The van der Waals surface area contributed by atoms with E-state index in [0.29, 0.717) is 5.92 Å². The molecule has 0 aromatic heterocycles. The first-order valence-corrected chi connectivity index (χ1v) is 12.3. The van der Waals surface area contributed by atoms with Crippen LogP contribution in [-0.2, 0) is 11.2 Å². The van der Waals surface area contributed by atoms with E-state index in [1.54, 1.807) is 7.11 Å². The minimum atomic E-state index is -0.118. The van der Waals surface area contributed by atoms with Crippen molar-refractivity contribution in [2.45, 2.75) is 25.4 Å². The van der Waals surface area contributed by atoms with Gasteiger partial charge in [-0.25, -0.2) is 0 Å². The number of nitrogens with zero attached hydrogens (tertiary/aromatic N) is 1. The summed E-state index contributed by atoms with van der Waals surface area (Å²) in [5, 5.41) is 1.46. The highest BCUT2D eigenvalue weighted by atomic mass is 35.5. The Morgan fingerprint density at radius 1 is 0.818 bits per heavy atom. The number of halogens is 2. The van der Waals surface area contributed by atoms with Crippen LogP contribution in [0.3, 0.4) is 0 Å². The molecule has 1 aliphatic heterocycles. The molecule has 174 valence electrons. The first-order valence-electron chi connectivity index (χ1n) is 11.6. The molecule has 0 aliphatic carbocycles. The lowest BCUT2D eigenvalue weighted by Crippen LogP contribution is -2.36. The third-order valence-corrected chi connectivity index (χ3v) is 6.93. The average Bonchev–Trinajstić information content (AvgIpc) is 2.86. The number of benzene rings is 3. The molecule has 0 atom stereocenters. The second-order valence-electron chi connectivity index (χ2n) is 8.70.